The fourth-order valence-electron chi connectivity index (χ4n) is 11.3. The van der Waals surface area contributed by atoms with E-state index in [0.717, 1.165) is 50.1 Å². The van der Waals surface area contributed by atoms with Crippen molar-refractivity contribution in [3.63, 3.8) is 0 Å². The van der Waals surface area contributed by atoms with Gasteiger partial charge in [0.05, 0.1) is 0 Å². The summed E-state index contributed by atoms with van der Waals surface area (Å²) in [4.78, 5) is 9.98. The number of fused-ring (bicyclic) bond motifs is 3. The van der Waals surface area contributed by atoms with Gasteiger partial charge in [0.1, 0.15) is 5.82 Å². The first-order valence-corrected chi connectivity index (χ1v) is 27.4. The second-order valence-corrected chi connectivity index (χ2v) is 26.4. The van der Waals surface area contributed by atoms with Crippen LogP contribution in [0.2, 0.25) is 0 Å². The zero-order chi connectivity index (χ0) is 55.0. The van der Waals surface area contributed by atoms with Gasteiger partial charge in [0.15, 0.2) is 0 Å². The quantitative estimate of drug-likeness (QED) is 0.128. The number of anilines is 2. The Labute approximate surface area is 480 Å². The van der Waals surface area contributed by atoms with E-state index in [-0.39, 0.29) is 48.1 Å². The van der Waals surface area contributed by atoms with Crippen molar-refractivity contribution < 1.29 is 25.8 Å². The first kappa shape index (κ1) is 56.1. The fraction of sp³-hybridized carbons (Fsp3) is 0.306. The molecular weight excluding hydrogens is 1130 g/mol. The van der Waals surface area contributed by atoms with Crippen LogP contribution >= 0.6 is 0 Å². The number of nitrogens with zero attached hydrogens (tertiary/aromatic N) is 4. The molecule has 7 aromatic carbocycles. The Hall–Kier alpha value is -6.68. The van der Waals surface area contributed by atoms with E-state index >= 15 is 0 Å². The van der Waals surface area contributed by atoms with Gasteiger partial charge in [-0.15, -0.1) is 53.8 Å². The van der Waals surface area contributed by atoms with Crippen LogP contribution in [0.4, 0.5) is 11.4 Å². The third-order valence-electron chi connectivity index (χ3n) is 15.7. The number of allylic oxidation sites excluding steroid dienone is 2. The van der Waals surface area contributed by atoms with Gasteiger partial charge in [0.25, 0.3) is 0 Å². The largest absolute Gasteiger partial charge is 0.509 e. The van der Waals surface area contributed by atoms with Crippen molar-refractivity contribution in [3.8, 4) is 28.4 Å². The molecule has 0 saturated carbocycles. The summed E-state index contributed by atoms with van der Waals surface area (Å²) in [5.74, 6) is 2.06. The number of rotatable bonds is 10. The minimum Gasteiger partial charge on any atom is -0.509 e. The van der Waals surface area contributed by atoms with E-state index in [0.29, 0.717) is 11.5 Å². The number of hydrogen-bond donors (Lipinski definition) is 0. The molecule has 1 aliphatic rings. The van der Waals surface area contributed by atoms with E-state index in [1.165, 1.54) is 44.8 Å². The molecule has 0 spiro atoms. The van der Waals surface area contributed by atoms with Crippen LogP contribution in [0.25, 0.3) is 38.8 Å². The molecule has 10 rings (SSSR count). The number of pyridine rings is 1. The molecule has 0 atom stereocenters. The molecule has 5 nitrogen and oxygen atoms in total. The van der Waals surface area contributed by atoms with Gasteiger partial charge in [0.2, 0.25) is 0 Å². The average Bonchev–Trinajstić information content (AvgIpc) is 3.99. The van der Waals surface area contributed by atoms with Crippen molar-refractivity contribution in [3.05, 3.63) is 234 Å². The predicted molar refractivity (Wildman–Crippen MR) is 324 cm³/mol. The maximum absolute atomic E-state index is 7.35. The van der Waals surface area contributed by atoms with E-state index in [1.54, 1.807) is 0 Å². The number of para-hydroxylation sites is 1. The zero-order valence-corrected chi connectivity index (χ0v) is 51.0. The summed E-state index contributed by atoms with van der Waals surface area (Å²) in [5, 5.41) is 2.26. The molecule has 0 radical (unpaired) electrons. The molecule has 0 fully saturated rings. The van der Waals surface area contributed by atoms with Crippen LogP contribution in [-0.2, 0) is 42.7 Å². The molecule has 2 aromatic heterocycles. The Kier molecular flexibility index (Phi) is 14.7. The van der Waals surface area contributed by atoms with E-state index in [9.17, 15) is 0 Å². The SMILES string of the molecule is CC(C)(C)C1=C(C(C)(C)C)N(c2cc(-c3ccccc3)cc(C(C)(C)C)c2)[CH-]N1c1[c-]c(Oc2[c-]c3c(c(C(C)(C)c4ccccc4)c2)c2ccccc2n3-c2cc(C(C)(C)c3ccccc3)ccn2)cc(C(C)(C)C)c1.[Pt]. The zero-order valence-electron chi connectivity index (χ0n) is 48.8. The van der Waals surface area contributed by atoms with Gasteiger partial charge in [-0.05, 0) is 85.3 Å². The van der Waals surface area contributed by atoms with E-state index in [1.807, 2.05) is 6.20 Å². The maximum Gasteiger partial charge on any atom is 0.135 e. The number of hydrogen-bond acceptors (Lipinski definition) is 4. The van der Waals surface area contributed by atoms with Crippen LogP contribution in [0.1, 0.15) is 144 Å². The summed E-state index contributed by atoms with van der Waals surface area (Å²) in [7, 11) is 0. The van der Waals surface area contributed by atoms with E-state index in [2.05, 4.69) is 308 Å². The summed E-state index contributed by atoms with van der Waals surface area (Å²) < 4.78 is 9.63. The molecule has 6 heteroatoms. The predicted octanol–water partition coefficient (Wildman–Crippen LogP) is 19.2. The Morgan fingerprint density at radius 1 is 0.449 bits per heavy atom. The summed E-state index contributed by atoms with van der Waals surface area (Å²) in [6, 6.07) is 67.0. The second-order valence-electron chi connectivity index (χ2n) is 26.4. The normalized spacial score (nSPS) is 13.9. The summed E-state index contributed by atoms with van der Waals surface area (Å²) in [5.41, 5.74) is 14.5. The number of aromatic nitrogens is 2. The Bertz CT molecular complexity index is 3670. The Balaban J connectivity index is 0.00000740. The van der Waals surface area contributed by atoms with Crippen molar-refractivity contribution in [1.82, 2.24) is 9.55 Å². The molecule has 0 aliphatic carbocycles. The van der Waals surface area contributed by atoms with Crippen LogP contribution in [-0.4, -0.2) is 9.55 Å². The first-order valence-electron chi connectivity index (χ1n) is 27.4. The van der Waals surface area contributed by atoms with Crippen LogP contribution < -0.4 is 14.5 Å². The number of benzene rings is 7. The topological polar surface area (TPSA) is 33.5 Å². The minimum absolute atomic E-state index is 0. The minimum atomic E-state index is -0.442. The van der Waals surface area contributed by atoms with E-state index < -0.39 is 5.41 Å². The molecular formula is C72H77N4OPt-3. The van der Waals surface area contributed by atoms with Crippen LogP contribution in [0.5, 0.6) is 11.5 Å². The summed E-state index contributed by atoms with van der Waals surface area (Å²) in [6.07, 6.45) is 1.95. The maximum atomic E-state index is 7.35. The van der Waals surface area contributed by atoms with Gasteiger partial charge >= 0.3 is 0 Å². The van der Waals surface area contributed by atoms with Crippen molar-refractivity contribution in [2.45, 2.75) is 132 Å². The molecule has 404 valence electrons. The van der Waals surface area contributed by atoms with Gasteiger partial charge in [-0.2, -0.15) is 0 Å². The molecule has 1 aliphatic heterocycles. The van der Waals surface area contributed by atoms with Crippen molar-refractivity contribution >= 4 is 33.2 Å². The van der Waals surface area contributed by atoms with Crippen molar-refractivity contribution in [2.24, 2.45) is 10.8 Å². The third kappa shape index (κ3) is 10.6. The molecule has 0 saturated heterocycles. The molecule has 0 unspecified atom stereocenters. The van der Waals surface area contributed by atoms with Gasteiger partial charge in [-0.3, -0.25) is 0 Å². The average molecular weight is 1210 g/mol. The van der Waals surface area contributed by atoms with Crippen LogP contribution in [0.3, 0.4) is 0 Å². The van der Waals surface area contributed by atoms with Crippen LogP contribution in [0, 0.1) is 29.6 Å². The molecule has 0 amide bonds. The van der Waals surface area contributed by atoms with E-state index in [4.69, 9.17) is 9.72 Å². The van der Waals surface area contributed by atoms with Gasteiger partial charge in [-0.25, -0.2) is 4.98 Å². The fourth-order valence-corrected chi connectivity index (χ4v) is 11.3. The molecule has 78 heavy (non-hydrogen) atoms. The Morgan fingerprint density at radius 2 is 0.987 bits per heavy atom. The molecule has 0 N–H and O–H groups in total. The van der Waals surface area contributed by atoms with Crippen LogP contribution in [0.15, 0.2) is 181 Å². The summed E-state index contributed by atoms with van der Waals surface area (Å²) in [6.45, 7) is 39.3. The number of ether oxygens (including phenoxy) is 1. The molecule has 0 bridgehead atoms. The van der Waals surface area contributed by atoms with Crippen molar-refractivity contribution in [2.75, 3.05) is 9.80 Å². The third-order valence-corrected chi connectivity index (χ3v) is 15.7. The summed E-state index contributed by atoms with van der Waals surface area (Å²) >= 11 is 0. The van der Waals surface area contributed by atoms with Gasteiger partial charge in [0, 0.05) is 77.6 Å². The second kappa shape index (κ2) is 20.5. The molecule has 3 heterocycles. The smallest absolute Gasteiger partial charge is 0.135 e. The molecule has 9 aromatic rings. The Morgan fingerprint density at radius 3 is 1.59 bits per heavy atom. The van der Waals surface area contributed by atoms with Gasteiger partial charge < -0.3 is 19.1 Å². The first-order chi connectivity index (χ1) is 36.2. The monoisotopic (exact) mass is 1210 g/mol. The standard InChI is InChI=1S/C72H77N4O.Pt/c1-67(2,3)53-38-49(48-28-20-17-21-29-48)39-55(40-53)74-47-75(66(70(10,11)12)65(74)69(7,8)9)56-41-54(68(4,5)6)42-57(44-56)77-58-45-60(72(15,16)51-32-24-19-25-33-51)64-59-34-26-27-35-61(59)76(62(64)46-58)63-43-52(36-37-73-63)71(13,14)50-30-22-18-23-31-50;/h17-43,45,47H,1-16H3;/q-3;. The van der Waals surface area contributed by atoms with Gasteiger partial charge in [-0.1, -0.05) is 237 Å². The van der Waals surface area contributed by atoms with Crippen molar-refractivity contribution in [1.29, 1.82) is 0 Å².